The largest absolute Gasteiger partial charge is 0.481 e. The second-order valence-corrected chi connectivity index (χ2v) is 3.14. The molecule has 72 valence electrons. The number of fused-ring (bicyclic) bond motifs is 1. The number of carboxylic acid groups (broad SMARTS) is 1. The summed E-state index contributed by atoms with van der Waals surface area (Å²) in [4.78, 5) is 14.8. The van der Waals surface area contributed by atoms with Crippen LogP contribution < -0.4 is 0 Å². The molecule has 0 aromatic carbocycles. The van der Waals surface area contributed by atoms with Gasteiger partial charge < -0.3 is 9.51 Å². The Bertz CT molecular complexity index is 488. The molecule has 2 aromatic rings. The molecule has 4 heteroatoms. The maximum Gasteiger partial charge on any atom is 0.311 e. The van der Waals surface area contributed by atoms with Gasteiger partial charge in [-0.25, -0.2) is 4.98 Å². The fraction of sp³-hybridized carbons (Fsp3) is 0.200. The van der Waals surface area contributed by atoms with Gasteiger partial charge >= 0.3 is 5.97 Å². The lowest BCUT2D eigenvalue weighted by Crippen LogP contribution is -2.04. The number of hydrogen-bond acceptors (Lipinski definition) is 2. The summed E-state index contributed by atoms with van der Waals surface area (Å²) in [5.41, 5.74) is 1.82. The molecule has 0 spiro atoms. The van der Waals surface area contributed by atoms with E-state index in [0.29, 0.717) is 5.82 Å². The number of aryl methyl sites for hydroxylation is 1. The molecule has 4 nitrogen and oxygen atoms in total. The Balaban J connectivity index is 2.60. The molecule has 2 rings (SSSR count). The van der Waals surface area contributed by atoms with E-state index >= 15 is 0 Å². The van der Waals surface area contributed by atoms with Crippen molar-refractivity contribution in [2.24, 2.45) is 0 Å². The molecular formula is C10H10N2O2. The van der Waals surface area contributed by atoms with Gasteiger partial charge in [0.25, 0.3) is 0 Å². The highest BCUT2D eigenvalue weighted by molar-refractivity contribution is 5.70. The van der Waals surface area contributed by atoms with Crippen LogP contribution >= 0.6 is 0 Å². The van der Waals surface area contributed by atoms with E-state index in [9.17, 15) is 4.79 Å². The van der Waals surface area contributed by atoms with Gasteiger partial charge in [-0.3, -0.25) is 4.79 Å². The standard InChI is InChI=1S/C10H10N2O2/c1-7-8-4-2-3-5-12(8)9(11-7)6-10(13)14/h2-5H,6H2,1H3,(H,13,14). The van der Waals surface area contributed by atoms with Crippen LogP contribution in [0.15, 0.2) is 24.4 Å². The smallest absolute Gasteiger partial charge is 0.311 e. The summed E-state index contributed by atoms with van der Waals surface area (Å²) in [6.45, 7) is 1.88. The van der Waals surface area contributed by atoms with Crippen LogP contribution in [-0.2, 0) is 11.2 Å². The van der Waals surface area contributed by atoms with Crippen LogP contribution in [0.2, 0.25) is 0 Å². The molecule has 14 heavy (non-hydrogen) atoms. The second kappa shape index (κ2) is 3.14. The minimum Gasteiger partial charge on any atom is -0.481 e. The first-order chi connectivity index (χ1) is 6.68. The topological polar surface area (TPSA) is 54.6 Å². The van der Waals surface area contributed by atoms with Crippen LogP contribution in [0.25, 0.3) is 5.52 Å². The molecular weight excluding hydrogens is 180 g/mol. The van der Waals surface area contributed by atoms with E-state index in [-0.39, 0.29) is 6.42 Å². The normalized spacial score (nSPS) is 10.6. The third-order valence-corrected chi connectivity index (χ3v) is 2.11. The second-order valence-electron chi connectivity index (χ2n) is 3.14. The van der Waals surface area contributed by atoms with Crippen molar-refractivity contribution >= 4 is 11.5 Å². The summed E-state index contributed by atoms with van der Waals surface area (Å²) in [5.74, 6) is -0.286. The number of carbonyl (C=O) groups is 1. The molecule has 0 aliphatic heterocycles. The quantitative estimate of drug-likeness (QED) is 0.775. The van der Waals surface area contributed by atoms with E-state index < -0.39 is 5.97 Å². The van der Waals surface area contributed by atoms with E-state index in [0.717, 1.165) is 11.2 Å². The van der Waals surface area contributed by atoms with Gasteiger partial charge in [-0.2, -0.15) is 0 Å². The fourth-order valence-electron chi connectivity index (χ4n) is 1.53. The Morgan fingerprint density at radius 2 is 2.36 bits per heavy atom. The van der Waals surface area contributed by atoms with Crippen molar-refractivity contribution in [1.29, 1.82) is 0 Å². The van der Waals surface area contributed by atoms with Gasteiger partial charge in [0.1, 0.15) is 12.2 Å². The Labute approximate surface area is 80.8 Å². The average molecular weight is 190 g/mol. The monoisotopic (exact) mass is 190 g/mol. The number of rotatable bonds is 2. The zero-order valence-electron chi connectivity index (χ0n) is 7.77. The predicted molar refractivity (Wildman–Crippen MR) is 51.3 cm³/mol. The van der Waals surface area contributed by atoms with Gasteiger partial charge in [-0.1, -0.05) is 6.07 Å². The van der Waals surface area contributed by atoms with E-state index in [2.05, 4.69) is 4.98 Å². The lowest BCUT2D eigenvalue weighted by molar-refractivity contribution is -0.136. The number of imidazole rings is 1. The van der Waals surface area contributed by atoms with Crippen molar-refractivity contribution in [3.8, 4) is 0 Å². The molecule has 0 bridgehead atoms. The minimum atomic E-state index is -0.860. The van der Waals surface area contributed by atoms with Crippen LogP contribution in [-0.4, -0.2) is 20.5 Å². The summed E-state index contributed by atoms with van der Waals surface area (Å²) in [6.07, 6.45) is 1.78. The molecule has 0 saturated carbocycles. The zero-order valence-corrected chi connectivity index (χ0v) is 7.77. The molecule has 0 atom stereocenters. The molecule has 0 aliphatic carbocycles. The third kappa shape index (κ3) is 1.35. The maximum atomic E-state index is 10.6. The van der Waals surface area contributed by atoms with Gasteiger partial charge in [-0.15, -0.1) is 0 Å². The first kappa shape index (κ1) is 8.74. The lowest BCUT2D eigenvalue weighted by atomic mass is 10.3. The Hall–Kier alpha value is -1.84. The molecule has 2 heterocycles. The van der Waals surface area contributed by atoms with Crippen molar-refractivity contribution in [2.45, 2.75) is 13.3 Å². The molecule has 0 radical (unpaired) electrons. The summed E-state index contributed by atoms with van der Waals surface area (Å²) in [7, 11) is 0. The summed E-state index contributed by atoms with van der Waals surface area (Å²) in [5, 5.41) is 8.68. The van der Waals surface area contributed by atoms with Crippen LogP contribution in [0.4, 0.5) is 0 Å². The SMILES string of the molecule is Cc1nc(CC(=O)O)n2ccccc12. The van der Waals surface area contributed by atoms with Crippen molar-refractivity contribution in [3.05, 3.63) is 35.9 Å². The van der Waals surface area contributed by atoms with E-state index in [1.165, 1.54) is 0 Å². The predicted octanol–water partition coefficient (Wildman–Crippen LogP) is 1.27. The maximum absolute atomic E-state index is 10.6. The minimum absolute atomic E-state index is 0.0426. The molecule has 0 saturated heterocycles. The van der Waals surface area contributed by atoms with Gasteiger partial charge in [0.15, 0.2) is 0 Å². The summed E-state index contributed by atoms with van der Waals surface area (Å²) < 4.78 is 1.81. The molecule has 0 aliphatic rings. The van der Waals surface area contributed by atoms with Crippen LogP contribution in [0.5, 0.6) is 0 Å². The molecule has 0 unspecified atom stereocenters. The molecule has 0 amide bonds. The highest BCUT2D eigenvalue weighted by Crippen LogP contribution is 2.11. The first-order valence-electron chi connectivity index (χ1n) is 4.33. The van der Waals surface area contributed by atoms with Crippen LogP contribution in [0.3, 0.4) is 0 Å². The number of hydrogen-bond donors (Lipinski definition) is 1. The highest BCUT2D eigenvalue weighted by atomic mass is 16.4. The Morgan fingerprint density at radius 1 is 1.57 bits per heavy atom. The van der Waals surface area contributed by atoms with Crippen molar-refractivity contribution < 1.29 is 9.90 Å². The summed E-state index contributed by atoms with van der Waals surface area (Å²) >= 11 is 0. The Morgan fingerprint density at radius 3 is 3.07 bits per heavy atom. The van der Waals surface area contributed by atoms with Crippen molar-refractivity contribution in [1.82, 2.24) is 9.38 Å². The third-order valence-electron chi connectivity index (χ3n) is 2.11. The zero-order chi connectivity index (χ0) is 10.1. The van der Waals surface area contributed by atoms with Crippen LogP contribution in [0.1, 0.15) is 11.5 Å². The molecule has 0 fully saturated rings. The number of carboxylic acids is 1. The van der Waals surface area contributed by atoms with E-state index in [1.807, 2.05) is 35.7 Å². The van der Waals surface area contributed by atoms with Gasteiger partial charge in [0.05, 0.1) is 11.2 Å². The number of pyridine rings is 1. The summed E-state index contributed by atoms with van der Waals surface area (Å²) in [6, 6.07) is 5.70. The fourth-order valence-corrected chi connectivity index (χ4v) is 1.53. The van der Waals surface area contributed by atoms with Gasteiger partial charge in [0, 0.05) is 6.20 Å². The molecule has 1 N–H and O–H groups in total. The van der Waals surface area contributed by atoms with Crippen LogP contribution in [0, 0.1) is 6.92 Å². The Kier molecular flexibility index (Phi) is 1.96. The first-order valence-corrected chi connectivity index (χ1v) is 4.33. The van der Waals surface area contributed by atoms with Gasteiger partial charge in [0.2, 0.25) is 0 Å². The number of aliphatic carboxylic acids is 1. The average Bonchev–Trinajstić information content (AvgIpc) is 2.44. The van der Waals surface area contributed by atoms with E-state index in [4.69, 9.17) is 5.11 Å². The molecule has 2 aromatic heterocycles. The highest BCUT2D eigenvalue weighted by Gasteiger charge is 2.09. The van der Waals surface area contributed by atoms with Crippen molar-refractivity contribution in [3.63, 3.8) is 0 Å². The number of nitrogens with zero attached hydrogens (tertiary/aromatic N) is 2. The lowest BCUT2D eigenvalue weighted by Gasteiger charge is -1.96. The van der Waals surface area contributed by atoms with Gasteiger partial charge in [-0.05, 0) is 19.1 Å². The van der Waals surface area contributed by atoms with E-state index in [1.54, 1.807) is 0 Å². The van der Waals surface area contributed by atoms with Crippen molar-refractivity contribution in [2.75, 3.05) is 0 Å². The number of aromatic nitrogens is 2.